The van der Waals surface area contributed by atoms with Crippen molar-refractivity contribution in [2.75, 3.05) is 0 Å². The molecule has 0 aromatic carbocycles. The van der Waals surface area contributed by atoms with Crippen LogP contribution in [0.4, 0.5) is 0 Å². The number of pyridine rings is 1. The van der Waals surface area contributed by atoms with E-state index in [1.165, 1.54) is 11.3 Å². The fraction of sp³-hybridized carbons (Fsp3) is 0.250. The van der Waals surface area contributed by atoms with E-state index in [0.717, 1.165) is 34.1 Å². The maximum atomic E-state index is 5.72. The van der Waals surface area contributed by atoms with Crippen molar-refractivity contribution >= 4 is 28.5 Å². The van der Waals surface area contributed by atoms with Gasteiger partial charge in [-0.25, -0.2) is 4.98 Å². The predicted octanol–water partition coefficient (Wildman–Crippen LogP) is 2.79. The van der Waals surface area contributed by atoms with Gasteiger partial charge in [0.2, 0.25) is 0 Å². The summed E-state index contributed by atoms with van der Waals surface area (Å²) in [6, 6.07) is 5.78. The van der Waals surface area contributed by atoms with Gasteiger partial charge in [0.25, 0.3) is 0 Å². The first kappa shape index (κ1) is 12.1. The molecule has 2 N–H and O–H groups in total. The second kappa shape index (κ2) is 5.33. The number of hydrogen-bond donors (Lipinski definition) is 1. The van der Waals surface area contributed by atoms with Crippen molar-refractivity contribution < 1.29 is 0 Å². The van der Waals surface area contributed by atoms with Crippen molar-refractivity contribution in [3.05, 3.63) is 35.0 Å². The summed E-state index contributed by atoms with van der Waals surface area (Å²) >= 11 is 6.58. The maximum Gasteiger partial charge on any atom is 0.142 e. The van der Waals surface area contributed by atoms with Gasteiger partial charge in [0, 0.05) is 6.20 Å². The van der Waals surface area contributed by atoms with Crippen molar-refractivity contribution in [2.45, 2.75) is 19.8 Å². The first-order valence-corrected chi connectivity index (χ1v) is 6.65. The van der Waals surface area contributed by atoms with Gasteiger partial charge in [-0.3, -0.25) is 4.98 Å². The summed E-state index contributed by atoms with van der Waals surface area (Å²) in [6.45, 7) is 2.11. The second-order valence-electron chi connectivity index (χ2n) is 3.62. The third-order valence-corrected chi connectivity index (χ3v) is 3.78. The highest BCUT2D eigenvalue weighted by Crippen LogP contribution is 2.27. The van der Waals surface area contributed by atoms with Crippen LogP contribution in [0, 0.1) is 0 Å². The second-order valence-corrected chi connectivity index (χ2v) is 5.06. The van der Waals surface area contributed by atoms with E-state index in [0.29, 0.717) is 4.99 Å². The molecule has 0 aliphatic carbocycles. The summed E-state index contributed by atoms with van der Waals surface area (Å²) in [6.07, 6.45) is 3.69. The van der Waals surface area contributed by atoms with E-state index in [1.54, 1.807) is 6.20 Å². The Morgan fingerprint density at radius 3 is 2.88 bits per heavy atom. The molecule has 0 aliphatic heterocycles. The summed E-state index contributed by atoms with van der Waals surface area (Å²) < 4.78 is 0. The van der Waals surface area contributed by atoms with Crippen LogP contribution in [-0.4, -0.2) is 15.0 Å². The molecule has 0 spiro atoms. The van der Waals surface area contributed by atoms with E-state index in [-0.39, 0.29) is 0 Å². The number of thiocarbonyl (C=S) groups is 1. The molecule has 0 saturated carbocycles. The van der Waals surface area contributed by atoms with Crippen molar-refractivity contribution in [3.63, 3.8) is 0 Å². The highest BCUT2D eigenvalue weighted by Gasteiger charge is 2.14. The fourth-order valence-electron chi connectivity index (χ4n) is 1.55. The van der Waals surface area contributed by atoms with Crippen molar-refractivity contribution in [3.8, 4) is 10.7 Å². The van der Waals surface area contributed by atoms with Crippen molar-refractivity contribution in [2.24, 2.45) is 5.73 Å². The molecule has 0 atom stereocenters. The van der Waals surface area contributed by atoms with Crippen molar-refractivity contribution in [1.82, 2.24) is 9.97 Å². The molecule has 3 nitrogen and oxygen atoms in total. The van der Waals surface area contributed by atoms with Crippen molar-refractivity contribution in [1.29, 1.82) is 0 Å². The third kappa shape index (κ3) is 2.68. The molecule has 88 valence electrons. The normalized spacial score (nSPS) is 10.4. The van der Waals surface area contributed by atoms with Gasteiger partial charge in [0.15, 0.2) is 0 Å². The summed E-state index contributed by atoms with van der Waals surface area (Å²) in [4.78, 5) is 10.2. The molecule has 0 bridgehead atoms. The molecule has 0 unspecified atom stereocenters. The molecule has 0 amide bonds. The van der Waals surface area contributed by atoms with Crippen LogP contribution in [0.2, 0.25) is 0 Å². The summed E-state index contributed by atoms with van der Waals surface area (Å²) in [7, 11) is 0. The van der Waals surface area contributed by atoms with Gasteiger partial charge in [0.1, 0.15) is 10.00 Å². The van der Waals surface area contributed by atoms with Gasteiger partial charge in [-0.2, -0.15) is 0 Å². The lowest BCUT2D eigenvalue weighted by Gasteiger charge is -1.96. The lowest BCUT2D eigenvalue weighted by molar-refractivity contribution is 0.891. The first-order valence-electron chi connectivity index (χ1n) is 5.43. The van der Waals surface area contributed by atoms with Crippen LogP contribution in [0.1, 0.15) is 23.9 Å². The van der Waals surface area contributed by atoms with Crippen LogP contribution in [0.25, 0.3) is 10.7 Å². The van der Waals surface area contributed by atoms with Gasteiger partial charge in [-0.15, -0.1) is 11.3 Å². The smallest absolute Gasteiger partial charge is 0.142 e. The molecule has 0 fully saturated rings. The standard InChI is InChI=1S/C12H13N3S2/c1-2-5-8-10(11(13)16)17-12(15-8)9-6-3-4-7-14-9/h3-4,6-7H,2,5H2,1H3,(H2,13,16). The monoisotopic (exact) mass is 263 g/mol. The van der Waals surface area contributed by atoms with Gasteiger partial charge in [-0.1, -0.05) is 31.6 Å². The van der Waals surface area contributed by atoms with Crippen LogP contribution in [0.3, 0.4) is 0 Å². The van der Waals surface area contributed by atoms with E-state index < -0.39 is 0 Å². The average molecular weight is 263 g/mol. The molecule has 2 aromatic heterocycles. The minimum atomic E-state index is 0.424. The zero-order valence-corrected chi connectivity index (χ0v) is 11.1. The fourth-order valence-corrected chi connectivity index (χ4v) is 2.73. The number of aromatic nitrogens is 2. The number of aryl methyl sites for hydroxylation is 1. The first-order chi connectivity index (χ1) is 8.22. The molecule has 0 radical (unpaired) electrons. The molecular formula is C12H13N3S2. The molecule has 17 heavy (non-hydrogen) atoms. The van der Waals surface area contributed by atoms with E-state index in [2.05, 4.69) is 16.9 Å². The quantitative estimate of drug-likeness (QED) is 0.862. The van der Waals surface area contributed by atoms with Gasteiger partial charge >= 0.3 is 0 Å². The molecule has 0 aliphatic rings. The molecule has 0 saturated heterocycles. The van der Waals surface area contributed by atoms with Crippen LogP contribution in [0.5, 0.6) is 0 Å². The Hall–Kier alpha value is -1.33. The van der Waals surface area contributed by atoms with E-state index in [4.69, 9.17) is 18.0 Å². The highest BCUT2D eigenvalue weighted by atomic mass is 32.1. The molecular weight excluding hydrogens is 250 g/mol. The highest BCUT2D eigenvalue weighted by molar-refractivity contribution is 7.81. The number of hydrogen-bond acceptors (Lipinski definition) is 4. The molecule has 2 heterocycles. The Morgan fingerprint density at radius 1 is 1.47 bits per heavy atom. The van der Waals surface area contributed by atoms with E-state index in [1.807, 2.05) is 18.2 Å². The lowest BCUT2D eigenvalue weighted by atomic mass is 10.2. The number of rotatable bonds is 4. The predicted molar refractivity (Wildman–Crippen MR) is 75.2 cm³/mol. The Kier molecular flexibility index (Phi) is 3.81. The summed E-state index contributed by atoms with van der Waals surface area (Å²) in [5, 5.41) is 0.886. The summed E-state index contributed by atoms with van der Waals surface area (Å²) in [5.41, 5.74) is 7.58. The zero-order chi connectivity index (χ0) is 12.3. The van der Waals surface area contributed by atoms with Gasteiger partial charge in [0.05, 0.1) is 16.3 Å². The van der Waals surface area contributed by atoms with Crippen LogP contribution in [0.15, 0.2) is 24.4 Å². The Labute approximate surface area is 110 Å². The van der Waals surface area contributed by atoms with Gasteiger partial charge < -0.3 is 5.73 Å². The number of nitrogens with zero attached hydrogens (tertiary/aromatic N) is 2. The van der Waals surface area contributed by atoms with Gasteiger partial charge in [-0.05, 0) is 18.6 Å². The third-order valence-electron chi connectivity index (χ3n) is 2.29. The maximum absolute atomic E-state index is 5.72. The zero-order valence-electron chi connectivity index (χ0n) is 9.51. The van der Waals surface area contributed by atoms with Crippen LogP contribution < -0.4 is 5.73 Å². The molecule has 2 aromatic rings. The summed E-state index contributed by atoms with van der Waals surface area (Å²) in [5.74, 6) is 0. The van der Waals surface area contributed by atoms with Crippen LogP contribution >= 0.6 is 23.6 Å². The largest absolute Gasteiger partial charge is 0.389 e. The number of nitrogens with two attached hydrogens (primary N) is 1. The molecule has 5 heteroatoms. The average Bonchev–Trinajstić information content (AvgIpc) is 2.75. The van der Waals surface area contributed by atoms with E-state index in [9.17, 15) is 0 Å². The number of thiazole rings is 1. The Balaban J connectivity index is 2.44. The van der Waals surface area contributed by atoms with E-state index >= 15 is 0 Å². The Morgan fingerprint density at radius 2 is 2.29 bits per heavy atom. The lowest BCUT2D eigenvalue weighted by Crippen LogP contribution is -2.09. The minimum absolute atomic E-state index is 0.424. The minimum Gasteiger partial charge on any atom is -0.389 e. The topological polar surface area (TPSA) is 51.8 Å². The molecule has 2 rings (SSSR count). The Bertz CT molecular complexity index is 520. The SMILES string of the molecule is CCCc1nc(-c2ccccn2)sc1C(N)=S. The van der Waals surface area contributed by atoms with Crippen LogP contribution in [-0.2, 0) is 6.42 Å².